The number of nitrogens with zero attached hydrogens (tertiary/aromatic N) is 2. The standard InChI is InChI=1S/C9H19N3O4S.2ClH/c1-16-9(13)8(7-10)11-3-5-12(6-4-11)17(2,14)15;;/h8H,3-7,10H2,1-2H3;2*1H. The van der Waals surface area contributed by atoms with Crippen molar-refractivity contribution in [2.24, 2.45) is 5.73 Å². The molecular weight excluding hydrogens is 317 g/mol. The molecule has 1 aliphatic rings. The van der Waals surface area contributed by atoms with Crippen LogP contribution < -0.4 is 5.73 Å². The Morgan fingerprint density at radius 3 is 2.05 bits per heavy atom. The first-order chi connectivity index (χ1) is 7.90. The molecule has 0 spiro atoms. The van der Waals surface area contributed by atoms with Crippen molar-refractivity contribution in [3.8, 4) is 0 Å². The number of ether oxygens (including phenoxy) is 1. The first kappa shape index (κ1) is 21.2. The molecule has 0 aromatic heterocycles. The molecule has 19 heavy (non-hydrogen) atoms. The van der Waals surface area contributed by atoms with Gasteiger partial charge in [0.25, 0.3) is 0 Å². The van der Waals surface area contributed by atoms with Crippen molar-refractivity contribution in [1.29, 1.82) is 0 Å². The first-order valence-corrected chi connectivity index (χ1v) is 7.22. The number of methoxy groups -OCH3 is 1. The molecule has 1 rings (SSSR count). The summed E-state index contributed by atoms with van der Waals surface area (Å²) in [5, 5.41) is 0. The average Bonchev–Trinajstić information content (AvgIpc) is 2.29. The lowest BCUT2D eigenvalue weighted by Gasteiger charge is -2.36. The zero-order valence-corrected chi connectivity index (χ0v) is 13.4. The zero-order chi connectivity index (χ0) is 13.1. The van der Waals surface area contributed by atoms with E-state index in [0.29, 0.717) is 26.2 Å². The van der Waals surface area contributed by atoms with Crippen LogP contribution in [0.4, 0.5) is 0 Å². The Bertz CT molecular complexity index is 372. The lowest BCUT2D eigenvalue weighted by Crippen LogP contribution is -2.56. The normalized spacial score (nSPS) is 18.9. The van der Waals surface area contributed by atoms with E-state index in [1.54, 1.807) is 0 Å². The van der Waals surface area contributed by atoms with Crippen molar-refractivity contribution in [2.75, 3.05) is 46.1 Å². The zero-order valence-electron chi connectivity index (χ0n) is 10.9. The average molecular weight is 338 g/mol. The highest BCUT2D eigenvalue weighted by Gasteiger charge is 2.30. The van der Waals surface area contributed by atoms with Crippen LogP contribution >= 0.6 is 24.8 Å². The van der Waals surface area contributed by atoms with E-state index in [1.807, 2.05) is 4.90 Å². The lowest BCUT2D eigenvalue weighted by molar-refractivity contribution is -0.147. The van der Waals surface area contributed by atoms with Crippen molar-refractivity contribution in [1.82, 2.24) is 9.21 Å². The summed E-state index contributed by atoms with van der Waals surface area (Å²) < 4.78 is 28.7. The summed E-state index contributed by atoms with van der Waals surface area (Å²) in [6, 6.07) is -0.485. The summed E-state index contributed by atoms with van der Waals surface area (Å²) >= 11 is 0. The van der Waals surface area contributed by atoms with Crippen LogP contribution in [0.15, 0.2) is 0 Å². The number of hydrogen-bond acceptors (Lipinski definition) is 6. The van der Waals surface area contributed by atoms with E-state index in [9.17, 15) is 13.2 Å². The van der Waals surface area contributed by atoms with E-state index in [-0.39, 0.29) is 37.3 Å². The summed E-state index contributed by atoms with van der Waals surface area (Å²) in [4.78, 5) is 13.3. The van der Waals surface area contributed by atoms with Gasteiger partial charge < -0.3 is 10.5 Å². The highest BCUT2D eigenvalue weighted by Crippen LogP contribution is 2.09. The number of piperazine rings is 1. The quantitative estimate of drug-likeness (QED) is 0.655. The molecule has 1 atom stereocenters. The molecule has 7 nitrogen and oxygen atoms in total. The number of hydrogen-bond donors (Lipinski definition) is 1. The second kappa shape index (κ2) is 8.93. The number of halogens is 2. The maximum Gasteiger partial charge on any atom is 0.324 e. The van der Waals surface area contributed by atoms with Crippen molar-refractivity contribution in [3.05, 3.63) is 0 Å². The summed E-state index contributed by atoms with van der Waals surface area (Å²) in [7, 11) is -1.83. The molecule has 0 radical (unpaired) electrons. The Morgan fingerprint density at radius 1 is 1.26 bits per heavy atom. The van der Waals surface area contributed by atoms with Crippen molar-refractivity contribution in [3.63, 3.8) is 0 Å². The third kappa shape index (κ3) is 5.80. The predicted octanol–water partition coefficient (Wildman–Crippen LogP) is -1.09. The number of rotatable bonds is 4. The third-order valence-electron chi connectivity index (χ3n) is 2.88. The SMILES string of the molecule is COC(=O)C(CN)N1CCN(S(C)(=O)=O)CC1.Cl.Cl. The van der Waals surface area contributed by atoms with Gasteiger partial charge in [-0.2, -0.15) is 4.31 Å². The number of sulfonamides is 1. The van der Waals surface area contributed by atoms with Gasteiger partial charge in [0.2, 0.25) is 10.0 Å². The van der Waals surface area contributed by atoms with Crippen LogP contribution in [0, 0.1) is 0 Å². The smallest absolute Gasteiger partial charge is 0.324 e. The molecule has 0 bridgehead atoms. The minimum atomic E-state index is -3.15. The summed E-state index contributed by atoms with van der Waals surface area (Å²) in [5.41, 5.74) is 5.53. The molecule has 1 fully saturated rings. The number of esters is 1. The Labute approximate surface area is 126 Å². The fourth-order valence-corrected chi connectivity index (χ4v) is 2.70. The van der Waals surface area contributed by atoms with Gasteiger partial charge in [-0.15, -0.1) is 24.8 Å². The molecule has 1 unspecified atom stereocenters. The lowest BCUT2D eigenvalue weighted by atomic mass is 10.2. The Kier molecular flexibility index (Phi) is 9.96. The summed E-state index contributed by atoms with van der Waals surface area (Å²) in [5.74, 6) is -0.375. The molecule has 1 aliphatic heterocycles. The van der Waals surface area contributed by atoms with Gasteiger partial charge >= 0.3 is 5.97 Å². The Morgan fingerprint density at radius 2 is 1.74 bits per heavy atom. The van der Waals surface area contributed by atoms with E-state index in [0.717, 1.165) is 0 Å². The van der Waals surface area contributed by atoms with Gasteiger partial charge in [-0.05, 0) is 0 Å². The van der Waals surface area contributed by atoms with E-state index in [2.05, 4.69) is 4.74 Å². The minimum Gasteiger partial charge on any atom is -0.468 e. The molecule has 116 valence electrons. The van der Waals surface area contributed by atoms with Crippen LogP contribution in [0.25, 0.3) is 0 Å². The molecular formula is C9H21Cl2N3O4S. The van der Waals surface area contributed by atoms with Gasteiger partial charge in [-0.25, -0.2) is 8.42 Å². The first-order valence-electron chi connectivity index (χ1n) is 5.37. The summed E-state index contributed by atoms with van der Waals surface area (Å²) in [6.07, 6.45) is 1.18. The second-order valence-electron chi connectivity index (χ2n) is 3.97. The molecule has 0 aromatic carbocycles. The third-order valence-corrected chi connectivity index (χ3v) is 4.18. The van der Waals surface area contributed by atoms with Crippen LogP contribution in [0.1, 0.15) is 0 Å². The Hall–Kier alpha value is -0.120. The Balaban J connectivity index is 0. The number of carbonyl (C=O) groups is 1. The second-order valence-corrected chi connectivity index (χ2v) is 5.96. The van der Waals surface area contributed by atoms with Crippen molar-refractivity contribution >= 4 is 40.8 Å². The molecule has 0 aliphatic carbocycles. The van der Waals surface area contributed by atoms with E-state index < -0.39 is 16.1 Å². The molecule has 0 aromatic rings. The monoisotopic (exact) mass is 337 g/mol. The van der Waals surface area contributed by atoms with Crippen LogP contribution in [0.2, 0.25) is 0 Å². The number of nitrogens with two attached hydrogens (primary N) is 1. The largest absolute Gasteiger partial charge is 0.468 e. The van der Waals surface area contributed by atoms with E-state index >= 15 is 0 Å². The minimum absolute atomic E-state index is 0. The van der Waals surface area contributed by atoms with Gasteiger partial charge in [0.1, 0.15) is 6.04 Å². The summed E-state index contributed by atoms with van der Waals surface area (Å²) in [6.45, 7) is 1.91. The molecule has 0 saturated carbocycles. The molecule has 1 heterocycles. The highest BCUT2D eigenvalue weighted by atomic mass is 35.5. The topological polar surface area (TPSA) is 92.9 Å². The van der Waals surface area contributed by atoms with Crippen LogP contribution in [0.5, 0.6) is 0 Å². The van der Waals surface area contributed by atoms with Gasteiger partial charge in [0.15, 0.2) is 0 Å². The molecule has 1 saturated heterocycles. The van der Waals surface area contributed by atoms with Crippen molar-refractivity contribution in [2.45, 2.75) is 6.04 Å². The van der Waals surface area contributed by atoms with E-state index in [1.165, 1.54) is 17.7 Å². The predicted molar refractivity (Wildman–Crippen MR) is 77.3 cm³/mol. The highest BCUT2D eigenvalue weighted by molar-refractivity contribution is 7.88. The van der Waals surface area contributed by atoms with Crippen molar-refractivity contribution < 1.29 is 17.9 Å². The van der Waals surface area contributed by atoms with Gasteiger partial charge in [-0.3, -0.25) is 9.69 Å². The maximum absolute atomic E-state index is 11.4. The fourth-order valence-electron chi connectivity index (χ4n) is 1.88. The number of carbonyl (C=O) groups excluding carboxylic acids is 1. The maximum atomic E-state index is 11.4. The molecule has 10 heteroatoms. The van der Waals surface area contributed by atoms with Crippen LogP contribution in [0.3, 0.4) is 0 Å². The van der Waals surface area contributed by atoms with Gasteiger partial charge in [0, 0.05) is 32.7 Å². The van der Waals surface area contributed by atoms with Gasteiger partial charge in [0.05, 0.1) is 13.4 Å². The van der Waals surface area contributed by atoms with Gasteiger partial charge in [-0.1, -0.05) is 0 Å². The van der Waals surface area contributed by atoms with E-state index in [4.69, 9.17) is 5.73 Å². The van der Waals surface area contributed by atoms with Crippen LogP contribution in [-0.2, 0) is 19.6 Å². The molecule has 2 N–H and O–H groups in total. The van der Waals surface area contributed by atoms with Crippen LogP contribution in [-0.4, -0.2) is 75.7 Å². The fraction of sp³-hybridized carbons (Fsp3) is 0.889. The molecule has 0 amide bonds.